The number of anilines is 1. The molecule has 0 spiro atoms. The molecule has 0 aliphatic heterocycles. The third-order valence-corrected chi connectivity index (χ3v) is 4.95. The Bertz CT molecular complexity index is 882. The molecule has 2 amide bonds. The van der Waals surface area contributed by atoms with E-state index in [1.165, 1.54) is 16.9 Å². The second-order valence-electron chi connectivity index (χ2n) is 6.18. The van der Waals surface area contributed by atoms with Gasteiger partial charge in [0.25, 0.3) is 0 Å². The molecule has 2 aromatic carbocycles. The van der Waals surface area contributed by atoms with Gasteiger partial charge in [-0.05, 0) is 29.2 Å². The Morgan fingerprint density at radius 1 is 1.15 bits per heavy atom. The molecule has 6 nitrogen and oxygen atoms in total. The lowest BCUT2D eigenvalue weighted by Gasteiger charge is -2.12. The van der Waals surface area contributed by atoms with E-state index in [1.54, 1.807) is 7.11 Å². The fourth-order valence-electron chi connectivity index (χ4n) is 2.62. The van der Waals surface area contributed by atoms with Crippen molar-refractivity contribution in [3.05, 3.63) is 70.7 Å². The summed E-state index contributed by atoms with van der Waals surface area (Å²) in [5.41, 5.74) is 2.27. The number of aromatic nitrogens is 2. The minimum Gasteiger partial charge on any atom is -0.497 e. The van der Waals surface area contributed by atoms with Crippen molar-refractivity contribution >= 4 is 22.5 Å². The van der Waals surface area contributed by atoms with Crippen LogP contribution < -0.4 is 15.4 Å². The summed E-state index contributed by atoms with van der Waals surface area (Å²) in [5, 5.41) is 15.1. The van der Waals surface area contributed by atoms with Gasteiger partial charge in [0, 0.05) is 13.0 Å². The molecule has 27 heavy (non-hydrogen) atoms. The van der Waals surface area contributed by atoms with Crippen LogP contribution in [-0.2, 0) is 6.42 Å². The summed E-state index contributed by atoms with van der Waals surface area (Å²) in [6.45, 7) is 2.62. The van der Waals surface area contributed by atoms with Gasteiger partial charge in [0.1, 0.15) is 10.8 Å². The number of hydrogen-bond acceptors (Lipinski definition) is 5. The van der Waals surface area contributed by atoms with Gasteiger partial charge in [0.2, 0.25) is 5.13 Å². The summed E-state index contributed by atoms with van der Waals surface area (Å²) in [6, 6.07) is 17.6. The van der Waals surface area contributed by atoms with Crippen LogP contribution in [0.3, 0.4) is 0 Å². The van der Waals surface area contributed by atoms with E-state index in [2.05, 4.69) is 39.9 Å². The number of methoxy groups -OCH3 is 1. The summed E-state index contributed by atoms with van der Waals surface area (Å²) in [5.74, 6) is 1.04. The van der Waals surface area contributed by atoms with Crippen LogP contribution in [0.1, 0.15) is 29.0 Å². The number of benzene rings is 2. The van der Waals surface area contributed by atoms with Gasteiger partial charge in [-0.3, -0.25) is 5.32 Å². The van der Waals surface area contributed by atoms with Gasteiger partial charge in [-0.1, -0.05) is 60.7 Å². The van der Waals surface area contributed by atoms with Crippen LogP contribution in [0.2, 0.25) is 0 Å². The van der Waals surface area contributed by atoms with Gasteiger partial charge in [-0.25, -0.2) is 4.79 Å². The van der Waals surface area contributed by atoms with E-state index in [-0.39, 0.29) is 11.9 Å². The highest BCUT2D eigenvalue weighted by molar-refractivity contribution is 7.15. The number of hydrogen-bond donors (Lipinski definition) is 2. The van der Waals surface area contributed by atoms with Crippen LogP contribution in [0.15, 0.2) is 54.6 Å². The van der Waals surface area contributed by atoms with Gasteiger partial charge in [-0.15, -0.1) is 10.2 Å². The summed E-state index contributed by atoms with van der Waals surface area (Å²) < 4.78 is 5.23. The van der Waals surface area contributed by atoms with Gasteiger partial charge in [0.15, 0.2) is 0 Å². The van der Waals surface area contributed by atoms with Crippen molar-refractivity contribution in [2.24, 2.45) is 0 Å². The Hall–Kier alpha value is -2.93. The van der Waals surface area contributed by atoms with Crippen molar-refractivity contribution in [2.45, 2.75) is 19.3 Å². The summed E-state index contributed by atoms with van der Waals surface area (Å²) in [6.07, 6.45) is 0.642. The number of ether oxygens (including phenoxy) is 1. The van der Waals surface area contributed by atoms with Crippen LogP contribution in [0.5, 0.6) is 5.75 Å². The van der Waals surface area contributed by atoms with Gasteiger partial charge >= 0.3 is 6.03 Å². The highest BCUT2D eigenvalue weighted by Crippen LogP contribution is 2.21. The molecule has 1 atom stereocenters. The van der Waals surface area contributed by atoms with Crippen molar-refractivity contribution in [2.75, 3.05) is 19.0 Å². The molecule has 3 aromatic rings. The second kappa shape index (κ2) is 9.14. The minimum absolute atomic E-state index is 0.231. The predicted molar refractivity (Wildman–Crippen MR) is 108 cm³/mol. The Morgan fingerprint density at radius 2 is 1.96 bits per heavy atom. The number of urea groups is 1. The van der Waals surface area contributed by atoms with E-state index in [1.807, 2.05) is 42.5 Å². The van der Waals surface area contributed by atoms with E-state index >= 15 is 0 Å². The SMILES string of the molecule is COc1cccc(Cc2nnc(NC(=O)NCC(C)c3ccccc3)s2)c1. The number of amides is 2. The van der Waals surface area contributed by atoms with Crippen molar-refractivity contribution in [1.82, 2.24) is 15.5 Å². The molecule has 2 N–H and O–H groups in total. The molecular weight excluding hydrogens is 360 g/mol. The topological polar surface area (TPSA) is 76.1 Å². The molecular formula is C20H22N4O2S. The summed E-state index contributed by atoms with van der Waals surface area (Å²) in [7, 11) is 1.64. The maximum absolute atomic E-state index is 12.1. The van der Waals surface area contributed by atoms with E-state index in [4.69, 9.17) is 4.74 Å². The highest BCUT2D eigenvalue weighted by Gasteiger charge is 2.11. The molecule has 140 valence electrons. The molecule has 0 fully saturated rings. The molecule has 0 aliphatic carbocycles. The van der Waals surface area contributed by atoms with Crippen LogP contribution >= 0.6 is 11.3 Å². The van der Waals surface area contributed by atoms with Gasteiger partial charge in [0.05, 0.1) is 7.11 Å². The number of rotatable bonds is 7. The van der Waals surface area contributed by atoms with Crippen LogP contribution in [0, 0.1) is 0 Å². The van der Waals surface area contributed by atoms with Crippen molar-refractivity contribution in [3.63, 3.8) is 0 Å². The zero-order valence-electron chi connectivity index (χ0n) is 15.3. The van der Waals surface area contributed by atoms with E-state index in [9.17, 15) is 4.79 Å². The lowest BCUT2D eigenvalue weighted by molar-refractivity contribution is 0.251. The zero-order chi connectivity index (χ0) is 19.1. The van der Waals surface area contributed by atoms with E-state index in [0.29, 0.717) is 18.1 Å². The third-order valence-electron chi connectivity index (χ3n) is 4.11. The Labute approximate surface area is 162 Å². The highest BCUT2D eigenvalue weighted by atomic mass is 32.1. The minimum atomic E-state index is -0.276. The largest absolute Gasteiger partial charge is 0.497 e. The van der Waals surface area contributed by atoms with Crippen molar-refractivity contribution in [3.8, 4) is 5.75 Å². The zero-order valence-corrected chi connectivity index (χ0v) is 16.1. The van der Waals surface area contributed by atoms with Gasteiger partial charge < -0.3 is 10.1 Å². The Balaban J connectivity index is 1.50. The molecule has 0 radical (unpaired) electrons. The first kappa shape index (κ1) is 18.8. The molecule has 7 heteroatoms. The predicted octanol–water partition coefficient (Wildman–Crippen LogP) is 4.06. The molecule has 1 heterocycles. The quantitative estimate of drug-likeness (QED) is 0.646. The average Bonchev–Trinajstić information content (AvgIpc) is 3.13. The second-order valence-corrected chi connectivity index (χ2v) is 7.24. The lowest BCUT2D eigenvalue weighted by Crippen LogP contribution is -2.31. The maximum Gasteiger partial charge on any atom is 0.321 e. The molecule has 1 aromatic heterocycles. The fraction of sp³-hybridized carbons (Fsp3) is 0.250. The normalized spacial score (nSPS) is 11.6. The molecule has 3 rings (SSSR count). The molecule has 1 unspecified atom stereocenters. The first-order valence-electron chi connectivity index (χ1n) is 8.69. The average molecular weight is 382 g/mol. The smallest absolute Gasteiger partial charge is 0.321 e. The third kappa shape index (κ3) is 5.52. The van der Waals surface area contributed by atoms with Crippen LogP contribution in [-0.4, -0.2) is 29.9 Å². The number of carbonyl (C=O) groups is 1. The van der Waals surface area contributed by atoms with Crippen LogP contribution in [0.25, 0.3) is 0 Å². The fourth-order valence-corrected chi connectivity index (χ4v) is 3.39. The number of nitrogens with one attached hydrogen (secondary N) is 2. The van der Waals surface area contributed by atoms with E-state index < -0.39 is 0 Å². The first-order valence-corrected chi connectivity index (χ1v) is 9.51. The Morgan fingerprint density at radius 3 is 2.74 bits per heavy atom. The summed E-state index contributed by atoms with van der Waals surface area (Å²) in [4.78, 5) is 12.1. The number of carbonyl (C=O) groups excluding carboxylic acids is 1. The monoisotopic (exact) mass is 382 g/mol. The first-order chi connectivity index (χ1) is 13.1. The molecule has 0 saturated heterocycles. The number of nitrogens with zero attached hydrogens (tertiary/aromatic N) is 2. The van der Waals surface area contributed by atoms with Crippen LogP contribution in [0.4, 0.5) is 9.93 Å². The molecule has 0 bridgehead atoms. The lowest BCUT2D eigenvalue weighted by atomic mass is 10.0. The molecule has 0 saturated carbocycles. The van der Waals surface area contributed by atoms with E-state index in [0.717, 1.165) is 16.3 Å². The van der Waals surface area contributed by atoms with Gasteiger partial charge in [-0.2, -0.15) is 0 Å². The maximum atomic E-state index is 12.1. The van der Waals surface area contributed by atoms with Crippen molar-refractivity contribution < 1.29 is 9.53 Å². The molecule has 0 aliphatic rings. The summed E-state index contributed by atoms with van der Waals surface area (Å²) >= 11 is 1.37. The standard InChI is InChI=1S/C20H22N4O2S/c1-14(16-8-4-3-5-9-16)13-21-19(25)22-20-24-23-18(27-20)12-15-7-6-10-17(11-15)26-2/h3-11,14H,12-13H2,1-2H3,(H2,21,22,24,25). The van der Waals surface area contributed by atoms with Crippen molar-refractivity contribution in [1.29, 1.82) is 0 Å². The Kier molecular flexibility index (Phi) is 6.38.